The molecule has 0 spiro atoms. The molecule has 0 atom stereocenters. The molecule has 0 radical (unpaired) electrons. The molecule has 1 aliphatic heterocycles. The van der Waals surface area contributed by atoms with Gasteiger partial charge in [0, 0.05) is 23.9 Å². The minimum Gasteiger partial charge on any atom is -0.493 e. The van der Waals surface area contributed by atoms with Crippen molar-refractivity contribution >= 4 is 21.8 Å². The Kier molecular flexibility index (Phi) is 4.53. The number of benzene rings is 1. The second kappa shape index (κ2) is 6.39. The molecule has 1 aromatic carbocycles. The second-order valence-corrected chi connectivity index (χ2v) is 6.86. The molecule has 1 amide bonds. The second-order valence-electron chi connectivity index (χ2n) is 6.30. The van der Waals surface area contributed by atoms with Crippen LogP contribution in [0, 0.1) is 5.41 Å². The number of carbonyl (C=O) groups excluding carboxylic acids is 1. The molecular weight excluding hydrogens is 330 g/mol. The van der Waals surface area contributed by atoms with Crippen LogP contribution >= 0.6 is 15.9 Å². The lowest BCUT2D eigenvalue weighted by atomic mass is 9.75. The first-order valence-electron chi connectivity index (χ1n) is 7.82. The number of alkyl halides is 1. The van der Waals surface area contributed by atoms with Crippen LogP contribution in [0.25, 0.3) is 0 Å². The predicted molar refractivity (Wildman–Crippen MR) is 87.3 cm³/mol. The van der Waals surface area contributed by atoms with Crippen LogP contribution in [0.1, 0.15) is 48.0 Å². The summed E-state index contributed by atoms with van der Waals surface area (Å²) < 4.78 is 5.48. The van der Waals surface area contributed by atoms with Crippen molar-refractivity contribution < 1.29 is 9.53 Å². The van der Waals surface area contributed by atoms with Crippen LogP contribution in [-0.2, 0) is 6.42 Å². The number of fused-ring (bicyclic) bond motifs is 1. The van der Waals surface area contributed by atoms with E-state index in [9.17, 15) is 4.79 Å². The molecule has 0 saturated heterocycles. The summed E-state index contributed by atoms with van der Waals surface area (Å²) in [6, 6.07) is 5.75. The molecule has 3 rings (SSSR count). The molecule has 114 valence electrons. The average molecular weight is 352 g/mol. The Morgan fingerprint density at radius 3 is 2.86 bits per heavy atom. The molecule has 1 aromatic rings. The molecule has 2 aliphatic rings. The quantitative estimate of drug-likeness (QED) is 0.840. The summed E-state index contributed by atoms with van der Waals surface area (Å²) in [5, 5.41) is 4.11. The number of rotatable bonds is 4. The first-order chi connectivity index (χ1) is 10.2. The van der Waals surface area contributed by atoms with Gasteiger partial charge in [0.25, 0.3) is 5.91 Å². The average Bonchev–Trinajstić information content (AvgIpc) is 3.01. The zero-order chi connectivity index (χ0) is 14.7. The maximum absolute atomic E-state index is 12.4. The van der Waals surface area contributed by atoms with Crippen molar-refractivity contribution in [2.24, 2.45) is 5.41 Å². The van der Waals surface area contributed by atoms with Gasteiger partial charge in [-0.2, -0.15) is 0 Å². The maximum Gasteiger partial charge on any atom is 0.251 e. The van der Waals surface area contributed by atoms with E-state index in [2.05, 4.69) is 21.2 Å². The third kappa shape index (κ3) is 3.25. The molecule has 1 aliphatic carbocycles. The third-order valence-electron chi connectivity index (χ3n) is 4.77. The number of hydrogen-bond donors (Lipinski definition) is 1. The van der Waals surface area contributed by atoms with E-state index in [1.807, 2.05) is 18.2 Å². The van der Waals surface area contributed by atoms with Gasteiger partial charge in [-0.05, 0) is 42.0 Å². The lowest BCUT2D eigenvalue weighted by molar-refractivity contribution is 0.0922. The maximum atomic E-state index is 12.4. The zero-order valence-corrected chi connectivity index (χ0v) is 13.9. The van der Waals surface area contributed by atoms with Gasteiger partial charge in [0.1, 0.15) is 5.75 Å². The summed E-state index contributed by atoms with van der Waals surface area (Å²) in [6.45, 7) is 1.50. The molecule has 0 aromatic heterocycles. The van der Waals surface area contributed by atoms with Gasteiger partial charge in [-0.1, -0.05) is 35.2 Å². The topological polar surface area (TPSA) is 38.3 Å². The molecule has 21 heavy (non-hydrogen) atoms. The lowest BCUT2D eigenvalue weighted by Crippen LogP contribution is -2.40. The van der Waals surface area contributed by atoms with Crippen molar-refractivity contribution in [2.45, 2.75) is 38.5 Å². The summed E-state index contributed by atoms with van der Waals surface area (Å²) in [6.07, 6.45) is 7.19. The van der Waals surface area contributed by atoms with Crippen molar-refractivity contribution in [3.05, 3.63) is 29.3 Å². The van der Waals surface area contributed by atoms with E-state index in [0.29, 0.717) is 0 Å². The smallest absolute Gasteiger partial charge is 0.251 e. The van der Waals surface area contributed by atoms with E-state index < -0.39 is 0 Å². The standard InChI is InChI=1S/C17H22BrNO2/c18-11-17(7-2-1-3-8-17)12-19-16(20)14-4-5-15-13(10-14)6-9-21-15/h4-5,10H,1-3,6-9,11-12H2,(H,19,20). The van der Waals surface area contributed by atoms with Crippen LogP contribution in [0.5, 0.6) is 5.75 Å². The molecule has 1 saturated carbocycles. The van der Waals surface area contributed by atoms with Gasteiger partial charge in [0.05, 0.1) is 6.61 Å². The number of halogens is 1. The van der Waals surface area contributed by atoms with Crippen LogP contribution < -0.4 is 10.1 Å². The van der Waals surface area contributed by atoms with E-state index in [1.165, 1.54) is 32.1 Å². The van der Waals surface area contributed by atoms with Crippen molar-refractivity contribution in [3.8, 4) is 5.75 Å². The van der Waals surface area contributed by atoms with E-state index >= 15 is 0 Å². The van der Waals surface area contributed by atoms with Gasteiger partial charge in [0.2, 0.25) is 0 Å². The Morgan fingerprint density at radius 2 is 2.10 bits per heavy atom. The van der Waals surface area contributed by atoms with Gasteiger partial charge in [-0.25, -0.2) is 0 Å². The number of carbonyl (C=O) groups is 1. The third-order valence-corrected chi connectivity index (χ3v) is 5.96. The van der Waals surface area contributed by atoms with Crippen molar-refractivity contribution in [1.82, 2.24) is 5.32 Å². The molecule has 3 nitrogen and oxygen atoms in total. The first-order valence-corrected chi connectivity index (χ1v) is 8.95. The van der Waals surface area contributed by atoms with Crippen molar-refractivity contribution in [2.75, 3.05) is 18.5 Å². The Hall–Kier alpha value is -1.03. The van der Waals surface area contributed by atoms with Crippen LogP contribution in [-0.4, -0.2) is 24.4 Å². The fourth-order valence-electron chi connectivity index (χ4n) is 3.36. The summed E-state index contributed by atoms with van der Waals surface area (Å²) in [5.41, 5.74) is 2.14. The summed E-state index contributed by atoms with van der Waals surface area (Å²) in [4.78, 5) is 12.4. The normalized spacial score (nSPS) is 19.7. The lowest BCUT2D eigenvalue weighted by Gasteiger charge is -2.35. The predicted octanol–water partition coefficient (Wildman–Crippen LogP) is 3.70. The van der Waals surface area contributed by atoms with E-state index in [-0.39, 0.29) is 11.3 Å². The minimum atomic E-state index is 0.0376. The summed E-state index contributed by atoms with van der Waals surface area (Å²) in [5.74, 6) is 0.964. The number of hydrogen-bond acceptors (Lipinski definition) is 2. The van der Waals surface area contributed by atoms with Gasteiger partial charge < -0.3 is 10.1 Å². The Labute approximate surface area is 134 Å². The van der Waals surface area contributed by atoms with Crippen LogP contribution in [0.3, 0.4) is 0 Å². The molecule has 0 unspecified atom stereocenters. The van der Waals surface area contributed by atoms with Gasteiger partial charge >= 0.3 is 0 Å². The fraction of sp³-hybridized carbons (Fsp3) is 0.588. The highest BCUT2D eigenvalue weighted by Crippen LogP contribution is 2.37. The Bertz CT molecular complexity index is 524. The highest BCUT2D eigenvalue weighted by atomic mass is 79.9. The number of nitrogens with one attached hydrogen (secondary N) is 1. The van der Waals surface area contributed by atoms with Gasteiger partial charge in [-0.3, -0.25) is 4.79 Å². The van der Waals surface area contributed by atoms with E-state index in [4.69, 9.17) is 4.74 Å². The summed E-state index contributed by atoms with van der Waals surface area (Å²) >= 11 is 3.65. The molecule has 1 N–H and O–H groups in total. The largest absolute Gasteiger partial charge is 0.493 e. The van der Waals surface area contributed by atoms with Gasteiger partial charge in [-0.15, -0.1) is 0 Å². The van der Waals surface area contributed by atoms with E-state index in [0.717, 1.165) is 41.8 Å². The van der Waals surface area contributed by atoms with Crippen LogP contribution in [0.2, 0.25) is 0 Å². The first kappa shape index (κ1) is 14.9. The van der Waals surface area contributed by atoms with Crippen molar-refractivity contribution in [3.63, 3.8) is 0 Å². The Morgan fingerprint density at radius 1 is 1.29 bits per heavy atom. The van der Waals surface area contributed by atoms with Gasteiger partial charge in [0.15, 0.2) is 0 Å². The molecule has 0 bridgehead atoms. The molecular formula is C17H22BrNO2. The minimum absolute atomic E-state index is 0.0376. The van der Waals surface area contributed by atoms with E-state index in [1.54, 1.807) is 0 Å². The zero-order valence-electron chi connectivity index (χ0n) is 12.3. The molecule has 4 heteroatoms. The molecule has 1 fully saturated rings. The summed E-state index contributed by atoms with van der Waals surface area (Å²) in [7, 11) is 0. The van der Waals surface area contributed by atoms with Crippen LogP contribution in [0.15, 0.2) is 18.2 Å². The Balaban J connectivity index is 1.63. The number of amides is 1. The highest BCUT2D eigenvalue weighted by molar-refractivity contribution is 9.09. The number of ether oxygens (including phenoxy) is 1. The SMILES string of the molecule is O=C(NCC1(CBr)CCCCC1)c1ccc2c(c1)CCO2. The van der Waals surface area contributed by atoms with Crippen molar-refractivity contribution in [1.29, 1.82) is 0 Å². The van der Waals surface area contributed by atoms with Crippen LogP contribution in [0.4, 0.5) is 0 Å². The molecule has 1 heterocycles. The fourth-order valence-corrected chi connectivity index (χ4v) is 4.12. The highest BCUT2D eigenvalue weighted by Gasteiger charge is 2.31. The monoisotopic (exact) mass is 351 g/mol.